The zero-order valence-corrected chi connectivity index (χ0v) is 16.7. The van der Waals surface area contributed by atoms with Crippen molar-refractivity contribution in [3.8, 4) is 0 Å². The Hall–Kier alpha value is -0.226. The average Bonchev–Trinajstić information content (AvgIpc) is 2.44. The Morgan fingerprint density at radius 1 is 0.700 bits per heavy atom. The smallest absolute Gasteiger partial charge is 0.132 e. The summed E-state index contributed by atoms with van der Waals surface area (Å²) < 4.78 is 12.9. The number of hydrogen-bond donors (Lipinski definition) is 0. The molecular weight excluding hydrogens is 340 g/mol. The first-order valence-electron chi connectivity index (χ1n) is 6.61. The van der Waals surface area contributed by atoms with Gasteiger partial charge in [-0.15, -0.1) is 0 Å². The van der Waals surface area contributed by atoms with E-state index in [1.165, 1.54) is 27.8 Å². The van der Waals surface area contributed by atoms with E-state index in [-0.39, 0.29) is 32.7 Å². The molecule has 0 aliphatic heterocycles. The van der Waals surface area contributed by atoms with E-state index in [0.717, 1.165) is 10.6 Å². The van der Waals surface area contributed by atoms with Crippen molar-refractivity contribution in [2.45, 2.75) is 34.6 Å². The molecule has 2 rings (SSSR count). The van der Waals surface area contributed by atoms with Gasteiger partial charge in [0.25, 0.3) is 0 Å². The summed E-state index contributed by atoms with van der Waals surface area (Å²) in [6, 6.07) is 9.80. The summed E-state index contributed by atoms with van der Waals surface area (Å²) in [7, 11) is -1.92. The zero-order chi connectivity index (χ0) is 14.2. The molecule has 2 aromatic rings. The third-order valence-corrected chi connectivity index (χ3v) is 6.32. The Kier molecular flexibility index (Phi) is 6.38. The van der Waals surface area contributed by atoms with Gasteiger partial charge in [-0.2, -0.15) is 0 Å². The maximum atomic E-state index is 12.9. The predicted octanol–water partition coefficient (Wildman–Crippen LogP) is 3.74. The van der Waals surface area contributed by atoms with Gasteiger partial charge in [0.15, 0.2) is 0 Å². The van der Waals surface area contributed by atoms with Crippen LogP contribution in [-0.4, -0.2) is 0 Å². The van der Waals surface area contributed by atoms with Crippen molar-refractivity contribution in [3.05, 3.63) is 58.1 Å². The monoisotopic (exact) mass is 361 g/mol. The number of hydrogen-bond acceptors (Lipinski definition) is 1. The molecule has 1 atom stereocenters. The largest absolute Gasteiger partial charge is 0.317 e. The van der Waals surface area contributed by atoms with Gasteiger partial charge in [0.1, 0.15) is 7.80 Å². The molecule has 0 heterocycles. The van der Waals surface area contributed by atoms with Crippen LogP contribution in [0.4, 0.5) is 0 Å². The molecular formula is C17H21OPY. The van der Waals surface area contributed by atoms with Gasteiger partial charge in [0, 0.05) is 43.3 Å². The zero-order valence-electron chi connectivity index (χ0n) is 12.9. The molecule has 0 saturated heterocycles. The third kappa shape index (κ3) is 3.16. The molecule has 1 unspecified atom stereocenters. The van der Waals surface area contributed by atoms with E-state index in [9.17, 15) is 4.57 Å². The van der Waals surface area contributed by atoms with Crippen LogP contribution in [-0.2, 0) is 37.3 Å². The van der Waals surface area contributed by atoms with E-state index in [4.69, 9.17) is 0 Å². The standard InChI is InChI=1S/C17H21OP.Y/c1-11-12(2)14(4)17(15(5)13(11)3)19(18)16-9-7-6-8-10-16;/h6-10,19H,1-5H3;. The minimum atomic E-state index is -1.92. The molecule has 0 saturated carbocycles. The van der Waals surface area contributed by atoms with E-state index in [0.29, 0.717) is 0 Å². The Labute approximate surface area is 147 Å². The molecule has 0 N–H and O–H groups in total. The van der Waals surface area contributed by atoms with Crippen LogP contribution < -0.4 is 10.6 Å². The van der Waals surface area contributed by atoms with Gasteiger partial charge < -0.3 is 4.57 Å². The summed E-state index contributed by atoms with van der Waals surface area (Å²) in [5.74, 6) is 0. The van der Waals surface area contributed by atoms with Crippen LogP contribution in [0.25, 0.3) is 0 Å². The van der Waals surface area contributed by atoms with Gasteiger partial charge in [0.2, 0.25) is 0 Å². The molecule has 20 heavy (non-hydrogen) atoms. The van der Waals surface area contributed by atoms with Crippen molar-refractivity contribution in [2.75, 3.05) is 0 Å². The number of benzene rings is 2. The first-order chi connectivity index (χ1) is 8.95. The topological polar surface area (TPSA) is 17.1 Å². The van der Waals surface area contributed by atoms with Crippen LogP contribution in [0.1, 0.15) is 27.8 Å². The van der Waals surface area contributed by atoms with Crippen molar-refractivity contribution >= 4 is 18.4 Å². The molecule has 0 aliphatic carbocycles. The van der Waals surface area contributed by atoms with E-state index >= 15 is 0 Å². The van der Waals surface area contributed by atoms with Gasteiger partial charge in [0.05, 0.1) is 0 Å². The van der Waals surface area contributed by atoms with Crippen LogP contribution in [0.2, 0.25) is 0 Å². The van der Waals surface area contributed by atoms with E-state index in [1.807, 2.05) is 30.3 Å². The summed E-state index contributed by atoms with van der Waals surface area (Å²) in [5.41, 5.74) is 6.24. The molecule has 0 aromatic heterocycles. The average molecular weight is 361 g/mol. The van der Waals surface area contributed by atoms with Crippen molar-refractivity contribution in [1.82, 2.24) is 0 Å². The third-order valence-electron chi connectivity index (χ3n) is 4.26. The minimum absolute atomic E-state index is 0. The molecule has 0 fully saturated rings. The van der Waals surface area contributed by atoms with Gasteiger partial charge >= 0.3 is 0 Å². The first-order valence-corrected chi connectivity index (χ1v) is 8.02. The summed E-state index contributed by atoms with van der Waals surface area (Å²) >= 11 is 0. The first kappa shape index (κ1) is 17.8. The Morgan fingerprint density at radius 2 is 1.10 bits per heavy atom. The van der Waals surface area contributed by atoms with Crippen LogP contribution >= 0.6 is 7.80 Å². The van der Waals surface area contributed by atoms with Crippen LogP contribution in [0.15, 0.2) is 30.3 Å². The normalized spacial score (nSPS) is 11.8. The molecule has 0 spiro atoms. The van der Waals surface area contributed by atoms with Crippen LogP contribution in [0, 0.1) is 34.6 Å². The van der Waals surface area contributed by atoms with Crippen LogP contribution in [0.5, 0.6) is 0 Å². The second-order valence-corrected chi connectivity index (χ2v) is 6.93. The molecule has 2 aromatic carbocycles. The maximum Gasteiger partial charge on any atom is 0.132 e. The summed E-state index contributed by atoms with van der Waals surface area (Å²) in [4.78, 5) is 0. The molecule has 1 nitrogen and oxygen atoms in total. The van der Waals surface area contributed by atoms with Crippen LogP contribution in [0.3, 0.4) is 0 Å². The molecule has 0 amide bonds. The minimum Gasteiger partial charge on any atom is -0.317 e. The quantitative estimate of drug-likeness (QED) is 0.745. The number of rotatable bonds is 2. The fraction of sp³-hybridized carbons (Fsp3) is 0.294. The second-order valence-electron chi connectivity index (χ2n) is 5.20. The Balaban J connectivity index is 0.00000200. The van der Waals surface area contributed by atoms with Gasteiger partial charge in [-0.3, -0.25) is 0 Å². The molecule has 1 radical (unpaired) electrons. The van der Waals surface area contributed by atoms with E-state index < -0.39 is 7.80 Å². The van der Waals surface area contributed by atoms with Crippen molar-refractivity contribution < 1.29 is 37.3 Å². The summed E-state index contributed by atoms with van der Waals surface area (Å²) in [5, 5.41) is 2.00. The fourth-order valence-electron chi connectivity index (χ4n) is 2.57. The molecule has 103 valence electrons. The van der Waals surface area contributed by atoms with Gasteiger partial charge in [-0.25, -0.2) is 0 Å². The summed E-state index contributed by atoms with van der Waals surface area (Å²) in [6.45, 7) is 10.6. The predicted molar refractivity (Wildman–Crippen MR) is 84.8 cm³/mol. The van der Waals surface area contributed by atoms with Crippen molar-refractivity contribution in [3.63, 3.8) is 0 Å². The second kappa shape index (κ2) is 7.16. The molecule has 0 bridgehead atoms. The fourth-order valence-corrected chi connectivity index (χ4v) is 4.41. The maximum absolute atomic E-state index is 12.9. The SMILES string of the molecule is Cc1c(C)c(C)c([PH](=O)c2ccccc2)c(C)c1C.[Y]. The Morgan fingerprint density at radius 3 is 1.55 bits per heavy atom. The molecule has 0 aliphatic rings. The van der Waals surface area contributed by atoms with E-state index in [2.05, 4.69) is 34.6 Å². The Bertz CT molecular complexity index is 619. The van der Waals surface area contributed by atoms with Crippen molar-refractivity contribution in [2.24, 2.45) is 0 Å². The summed E-state index contributed by atoms with van der Waals surface area (Å²) in [6.07, 6.45) is 0. The van der Waals surface area contributed by atoms with Gasteiger partial charge in [-0.05, 0) is 62.4 Å². The van der Waals surface area contributed by atoms with Gasteiger partial charge in [-0.1, -0.05) is 30.3 Å². The molecule has 3 heteroatoms. The van der Waals surface area contributed by atoms with Crippen molar-refractivity contribution in [1.29, 1.82) is 0 Å². The van der Waals surface area contributed by atoms with E-state index in [1.54, 1.807) is 0 Å².